The fourth-order valence-electron chi connectivity index (χ4n) is 3.27. The van der Waals surface area contributed by atoms with Crippen molar-refractivity contribution in [3.05, 3.63) is 95.7 Å². The number of para-hydroxylation sites is 2. The zero-order valence-electron chi connectivity index (χ0n) is 15.7. The van der Waals surface area contributed by atoms with Crippen LogP contribution in [0, 0.1) is 12.7 Å². The number of carbonyl (C=O) groups is 1. The van der Waals surface area contributed by atoms with Gasteiger partial charge in [0, 0.05) is 17.3 Å². The van der Waals surface area contributed by atoms with E-state index in [1.54, 1.807) is 55.6 Å². The average Bonchev–Trinajstić information content (AvgIpc) is 2.73. The molecule has 0 unspecified atom stereocenters. The minimum atomic E-state index is -0.448. The molecule has 0 saturated carbocycles. The van der Waals surface area contributed by atoms with Gasteiger partial charge in [-0.05, 0) is 55.5 Å². The number of pyridine rings is 2. The average molecular weight is 387 g/mol. The molecule has 1 amide bonds. The summed E-state index contributed by atoms with van der Waals surface area (Å²) in [5, 5.41) is 10.8. The van der Waals surface area contributed by atoms with Gasteiger partial charge >= 0.3 is 0 Å². The number of aromatic nitrogens is 2. The van der Waals surface area contributed by atoms with E-state index in [0.717, 1.165) is 0 Å². The quantitative estimate of drug-likeness (QED) is 0.554. The summed E-state index contributed by atoms with van der Waals surface area (Å²) in [6, 6.07) is 17.8. The Balaban J connectivity index is 1.87. The van der Waals surface area contributed by atoms with Crippen molar-refractivity contribution in [1.29, 1.82) is 0 Å². The molecule has 6 heteroatoms. The van der Waals surface area contributed by atoms with E-state index in [9.17, 15) is 14.3 Å². The second-order valence-corrected chi connectivity index (χ2v) is 6.67. The van der Waals surface area contributed by atoms with Crippen molar-refractivity contribution in [3.8, 4) is 5.75 Å². The molecule has 29 heavy (non-hydrogen) atoms. The van der Waals surface area contributed by atoms with Crippen LogP contribution < -0.4 is 4.90 Å². The summed E-state index contributed by atoms with van der Waals surface area (Å²) in [4.78, 5) is 23.7. The molecule has 5 nitrogen and oxygen atoms in total. The number of halogens is 1. The molecule has 4 aromatic rings. The summed E-state index contributed by atoms with van der Waals surface area (Å²) >= 11 is 0. The third-order valence-electron chi connectivity index (χ3n) is 4.59. The SMILES string of the molecule is Cc1cc(C(=O)N(Cc2ccccn2)c2ccccc2O)c2cc(F)ccc2n1. The molecule has 0 aliphatic carbocycles. The number of phenols is 1. The Kier molecular flexibility index (Phi) is 4.91. The molecule has 1 N–H and O–H groups in total. The number of hydrogen-bond acceptors (Lipinski definition) is 4. The number of phenolic OH excluding ortho intramolecular Hbond substituents is 1. The number of rotatable bonds is 4. The number of anilines is 1. The summed E-state index contributed by atoms with van der Waals surface area (Å²) in [5.41, 5.74) is 2.49. The van der Waals surface area contributed by atoms with E-state index in [1.807, 2.05) is 6.07 Å². The zero-order valence-corrected chi connectivity index (χ0v) is 15.7. The third-order valence-corrected chi connectivity index (χ3v) is 4.59. The lowest BCUT2D eigenvalue weighted by molar-refractivity contribution is 0.0985. The van der Waals surface area contributed by atoms with Gasteiger partial charge in [0.25, 0.3) is 5.91 Å². The van der Waals surface area contributed by atoms with Crippen molar-refractivity contribution in [2.45, 2.75) is 13.5 Å². The molecule has 4 rings (SSSR count). The van der Waals surface area contributed by atoms with Crippen LogP contribution in [0.4, 0.5) is 10.1 Å². The minimum Gasteiger partial charge on any atom is -0.506 e. The number of aromatic hydroxyl groups is 1. The fourth-order valence-corrected chi connectivity index (χ4v) is 3.27. The molecule has 2 aromatic carbocycles. The summed E-state index contributed by atoms with van der Waals surface area (Å²) in [7, 11) is 0. The van der Waals surface area contributed by atoms with E-state index in [-0.39, 0.29) is 18.2 Å². The molecule has 0 spiro atoms. The molecule has 0 radical (unpaired) electrons. The summed E-state index contributed by atoms with van der Waals surface area (Å²) in [5.74, 6) is -0.854. The van der Waals surface area contributed by atoms with Crippen molar-refractivity contribution in [2.75, 3.05) is 4.90 Å². The Bertz CT molecular complexity index is 1200. The first-order valence-corrected chi connectivity index (χ1v) is 9.09. The maximum atomic E-state index is 13.9. The van der Waals surface area contributed by atoms with Crippen LogP contribution in [0.3, 0.4) is 0 Å². The lowest BCUT2D eigenvalue weighted by Gasteiger charge is -2.24. The fraction of sp³-hybridized carbons (Fsp3) is 0.0870. The zero-order chi connectivity index (χ0) is 20.4. The van der Waals surface area contributed by atoms with E-state index in [4.69, 9.17) is 0 Å². The van der Waals surface area contributed by atoms with E-state index in [0.29, 0.717) is 33.5 Å². The van der Waals surface area contributed by atoms with Crippen LogP contribution in [0.1, 0.15) is 21.7 Å². The molecule has 0 atom stereocenters. The molecular formula is C23H18FN3O2. The molecule has 2 heterocycles. The number of benzene rings is 2. The molecule has 144 valence electrons. The van der Waals surface area contributed by atoms with Crippen molar-refractivity contribution < 1.29 is 14.3 Å². The first kappa shape index (κ1) is 18.6. The Morgan fingerprint density at radius 3 is 2.62 bits per heavy atom. The minimum absolute atomic E-state index is 0.0296. The smallest absolute Gasteiger partial charge is 0.259 e. The van der Waals surface area contributed by atoms with Gasteiger partial charge in [0.1, 0.15) is 11.6 Å². The van der Waals surface area contributed by atoms with E-state index >= 15 is 0 Å². The lowest BCUT2D eigenvalue weighted by Crippen LogP contribution is -2.31. The standard InChI is InChI=1S/C23H18FN3O2/c1-15-12-19(18-13-16(24)9-10-20(18)26-15)23(29)27(14-17-6-4-5-11-25-17)21-7-2-3-8-22(21)28/h2-13,28H,14H2,1H3. The number of hydrogen-bond donors (Lipinski definition) is 1. The lowest BCUT2D eigenvalue weighted by atomic mass is 10.1. The highest BCUT2D eigenvalue weighted by atomic mass is 19.1. The summed E-state index contributed by atoms with van der Waals surface area (Å²) < 4.78 is 13.9. The monoisotopic (exact) mass is 387 g/mol. The van der Waals surface area contributed by atoms with Crippen molar-refractivity contribution in [3.63, 3.8) is 0 Å². The van der Waals surface area contributed by atoms with Gasteiger partial charge < -0.3 is 5.11 Å². The number of amides is 1. The Hall–Kier alpha value is -3.80. The summed E-state index contributed by atoms with van der Waals surface area (Å²) in [6.07, 6.45) is 1.64. The Morgan fingerprint density at radius 1 is 1.07 bits per heavy atom. The topological polar surface area (TPSA) is 66.3 Å². The second kappa shape index (κ2) is 7.67. The number of carbonyl (C=O) groups excluding carboxylic acids is 1. The van der Waals surface area contributed by atoms with Crippen LogP contribution in [0.5, 0.6) is 5.75 Å². The largest absolute Gasteiger partial charge is 0.506 e. The second-order valence-electron chi connectivity index (χ2n) is 6.67. The highest BCUT2D eigenvalue weighted by Gasteiger charge is 2.23. The third kappa shape index (κ3) is 3.78. The van der Waals surface area contributed by atoms with Crippen LogP contribution in [0.2, 0.25) is 0 Å². The van der Waals surface area contributed by atoms with Gasteiger partial charge in [-0.25, -0.2) is 4.39 Å². The number of fused-ring (bicyclic) bond motifs is 1. The van der Waals surface area contributed by atoms with E-state index in [2.05, 4.69) is 9.97 Å². The van der Waals surface area contributed by atoms with Gasteiger partial charge in [-0.1, -0.05) is 18.2 Å². The highest BCUT2D eigenvalue weighted by molar-refractivity contribution is 6.14. The normalized spacial score (nSPS) is 10.8. The van der Waals surface area contributed by atoms with Gasteiger partial charge in [0.2, 0.25) is 0 Å². The molecule has 0 fully saturated rings. The van der Waals surface area contributed by atoms with Crippen LogP contribution in [0.15, 0.2) is 72.9 Å². The molecule has 0 aliphatic rings. The Morgan fingerprint density at radius 2 is 1.86 bits per heavy atom. The number of aryl methyl sites for hydroxylation is 1. The first-order valence-electron chi connectivity index (χ1n) is 9.09. The van der Waals surface area contributed by atoms with Gasteiger partial charge in [-0.2, -0.15) is 0 Å². The molecule has 0 saturated heterocycles. The van der Waals surface area contributed by atoms with Crippen LogP contribution in [-0.4, -0.2) is 21.0 Å². The molecule has 0 aliphatic heterocycles. The first-order chi connectivity index (χ1) is 14.0. The van der Waals surface area contributed by atoms with Crippen molar-refractivity contribution in [1.82, 2.24) is 9.97 Å². The molecule has 0 bridgehead atoms. The predicted octanol–water partition coefficient (Wildman–Crippen LogP) is 4.63. The van der Waals surface area contributed by atoms with Crippen LogP contribution in [-0.2, 0) is 6.54 Å². The van der Waals surface area contributed by atoms with Gasteiger partial charge in [-0.15, -0.1) is 0 Å². The van der Waals surface area contributed by atoms with E-state index < -0.39 is 5.82 Å². The van der Waals surface area contributed by atoms with Crippen LogP contribution >= 0.6 is 0 Å². The van der Waals surface area contributed by atoms with E-state index in [1.165, 1.54) is 23.1 Å². The van der Waals surface area contributed by atoms with Crippen molar-refractivity contribution in [2.24, 2.45) is 0 Å². The van der Waals surface area contributed by atoms with Gasteiger partial charge in [0.15, 0.2) is 0 Å². The molecule has 2 aromatic heterocycles. The summed E-state index contributed by atoms with van der Waals surface area (Å²) in [6.45, 7) is 1.93. The highest BCUT2D eigenvalue weighted by Crippen LogP contribution is 2.31. The maximum absolute atomic E-state index is 13.9. The van der Waals surface area contributed by atoms with Crippen molar-refractivity contribution >= 4 is 22.5 Å². The maximum Gasteiger partial charge on any atom is 0.259 e. The van der Waals surface area contributed by atoms with Crippen LogP contribution in [0.25, 0.3) is 10.9 Å². The Labute approximate surface area is 167 Å². The predicted molar refractivity (Wildman–Crippen MR) is 109 cm³/mol. The molecular weight excluding hydrogens is 369 g/mol. The number of nitrogens with zero attached hydrogens (tertiary/aromatic N) is 3. The van der Waals surface area contributed by atoms with Gasteiger partial charge in [-0.3, -0.25) is 19.7 Å². The van der Waals surface area contributed by atoms with Gasteiger partial charge in [0.05, 0.1) is 29.0 Å².